The Morgan fingerprint density at radius 2 is 1.55 bits per heavy atom. The molecule has 2 fully saturated rings. The lowest BCUT2D eigenvalue weighted by Crippen LogP contribution is -2.71. The van der Waals surface area contributed by atoms with Crippen molar-refractivity contribution < 1.29 is 39.6 Å². The molecular formula is C13H15ClO8. The zero-order chi connectivity index (χ0) is 17.0. The second-order valence-electron chi connectivity index (χ2n) is 5.98. The van der Waals surface area contributed by atoms with Crippen molar-refractivity contribution in [2.75, 3.05) is 0 Å². The van der Waals surface area contributed by atoms with E-state index < -0.39 is 64.3 Å². The topological polar surface area (TPSA) is 149 Å². The van der Waals surface area contributed by atoms with Crippen molar-refractivity contribution >= 4 is 35.5 Å². The average molecular weight is 335 g/mol. The highest BCUT2D eigenvalue weighted by Gasteiger charge is 2.73. The van der Waals surface area contributed by atoms with Gasteiger partial charge in [0.05, 0.1) is 17.8 Å². The van der Waals surface area contributed by atoms with Crippen molar-refractivity contribution in [3.63, 3.8) is 0 Å². The Kier molecular flexibility index (Phi) is 3.85. The maximum absolute atomic E-state index is 11.4. The summed E-state index contributed by atoms with van der Waals surface area (Å²) in [5, 5.41) is 37.0. The number of carboxylic acid groups (broad SMARTS) is 4. The third-order valence-corrected chi connectivity index (χ3v) is 5.83. The fourth-order valence-corrected chi connectivity index (χ4v) is 4.69. The number of fused-ring (bicyclic) bond motifs is 1. The lowest BCUT2D eigenvalue weighted by atomic mass is 9.44. The Hall–Kier alpha value is -1.83. The van der Waals surface area contributed by atoms with Gasteiger partial charge in [-0.05, 0) is 24.2 Å². The van der Waals surface area contributed by atoms with Gasteiger partial charge in [0.1, 0.15) is 0 Å². The Morgan fingerprint density at radius 1 is 1.00 bits per heavy atom. The van der Waals surface area contributed by atoms with Crippen LogP contribution in [0.4, 0.5) is 0 Å². The second kappa shape index (κ2) is 5.12. The molecular weight excluding hydrogens is 320 g/mol. The summed E-state index contributed by atoms with van der Waals surface area (Å²) in [6.07, 6.45) is -0.263. The van der Waals surface area contributed by atoms with E-state index in [1.807, 2.05) is 0 Å². The molecule has 0 saturated heterocycles. The quantitative estimate of drug-likeness (QED) is 0.541. The Balaban J connectivity index is 2.46. The third-order valence-electron chi connectivity index (χ3n) is 5.15. The van der Waals surface area contributed by atoms with Gasteiger partial charge >= 0.3 is 23.9 Å². The van der Waals surface area contributed by atoms with Crippen LogP contribution in [0.5, 0.6) is 0 Å². The van der Waals surface area contributed by atoms with Crippen molar-refractivity contribution in [2.45, 2.75) is 18.2 Å². The predicted octanol–water partition coefficient (Wildman–Crippen LogP) is 0.437. The first-order valence-corrected chi connectivity index (χ1v) is 7.03. The Labute approximate surface area is 129 Å². The number of halogens is 1. The van der Waals surface area contributed by atoms with Gasteiger partial charge in [0.15, 0.2) is 4.87 Å². The SMILES string of the molecule is CC1C(C(=O)O)C(C(=O)O)CC2C1C(C(=O)O)C2(Cl)C(=O)O. The maximum atomic E-state index is 11.4. The molecule has 8 nitrogen and oxygen atoms in total. The van der Waals surface area contributed by atoms with E-state index in [0.29, 0.717) is 0 Å². The van der Waals surface area contributed by atoms with E-state index in [1.54, 1.807) is 0 Å². The minimum atomic E-state index is -2.10. The summed E-state index contributed by atoms with van der Waals surface area (Å²) < 4.78 is 0. The highest BCUT2D eigenvalue weighted by Crippen LogP contribution is 2.63. The molecule has 0 heterocycles. The molecule has 7 unspecified atom stereocenters. The average Bonchev–Trinajstić information content (AvgIpc) is 2.36. The summed E-state index contributed by atoms with van der Waals surface area (Å²) in [4.78, 5) is 43.4. The van der Waals surface area contributed by atoms with E-state index in [9.17, 15) is 39.6 Å². The number of rotatable bonds is 4. The molecule has 2 saturated carbocycles. The van der Waals surface area contributed by atoms with Crippen LogP contribution in [0.3, 0.4) is 0 Å². The molecule has 0 spiro atoms. The van der Waals surface area contributed by atoms with Crippen LogP contribution in [0.1, 0.15) is 13.3 Å². The second-order valence-corrected chi connectivity index (χ2v) is 6.60. The van der Waals surface area contributed by atoms with E-state index in [-0.39, 0.29) is 6.42 Å². The molecule has 0 bridgehead atoms. The first-order chi connectivity index (χ1) is 10.0. The fraction of sp³-hybridized carbons (Fsp3) is 0.692. The van der Waals surface area contributed by atoms with E-state index in [4.69, 9.17) is 11.6 Å². The molecule has 0 aliphatic heterocycles. The molecule has 2 aliphatic carbocycles. The van der Waals surface area contributed by atoms with Gasteiger partial charge in [-0.25, -0.2) is 0 Å². The number of carboxylic acids is 4. The first kappa shape index (κ1) is 16.5. The van der Waals surface area contributed by atoms with Gasteiger partial charge in [0, 0.05) is 0 Å². The molecule has 0 aromatic carbocycles. The van der Waals surface area contributed by atoms with Crippen LogP contribution in [0, 0.1) is 35.5 Å². The molecule has 122 valence electrons. The number of alkyl halides is 1. The Morgan fingerprint density at radius 3 is 1.91 bits per heavy atom. The van der Waals surface area contributed by atoms with Gasteiger partial charge in [-0.3, -0.25) is 19.2 Å². The highest BCUT2D eigenvalue weighted by molar-refractivity contribution is 6.36. The van der Waals surface area contributed by atoms with Gasteiger partial charge in [0.2, 0.25) is 0 Å². The predicted molar refractivity (Wildman–Crippen MR) is 70.4 cm³/mol. The van der Waals surface area contributed by atoms with Crippen LogP contribution in [-0.2, 0) is 19.2 Å². The number of hydrogen-bond acceptors (Lipinski definition) is 4. The smallest absolute Gasteiger partial charge is 0.325 e. The van der Waals surface area contributed by atoms with Crippen LogP contribution in [0.25, 0.3) is 0 Å². The number of carbonyl (C=O) groups is 4. The zero-order valence-electron chi connectivity index (χ0n) is 11.5. The molecule has 7 atom stereocenters. The van der Waals surface area contributed by atoms with Crippen molar-refractivity contribution in [3.8, 4) is 0 Å². The van der Waals surface area contributed by atoms with Crippen LogP contribution in [0.15, 0.2) is 0 Å². The molecule has 2 aliphatic rings. The van der Waals surface area contributed by atoms with Crippen molar-refractivity contribution in [3.05, 3.63) is 0 Å². The van der Waals surface area contributed by atoms with Gasteiger partial charge in [-0.15, -0.1) is 11.6 Å². The van der Waals surface area contributed by atoms with E-state index in [0.717, 1.165) is 0 Å². The lowest BCUT2D eigenvalue weighted by molar-refractivity contribution is -0.192. The van der Waals surface area contributed by atoms with Crippen molar-refractivity contribution in [2.24, 2.45) is 35.5 Å². The summed E-state index contributed by atoms with van der Waals surface area (Å²) in [6.45, 7) is 1.44. The summed E-state index contributed by atoms with van der Waals surface area (Å²) in [6, 6.07) is 0. The molecule has 2 rings (SSSR count). The summed E-state index contributed by atoms with van der Waals surface area (Å²) >= 11 is 6.02. The molecule has 22 heavy (non-hydrogen) atoms. The number of hydrogen-bond donors (Lipinski definition) is 4. The van der Waals surface area contributed by atoms with Gasteiger partial charge in [-0.2, -0.15) is 0 Å². The first-order valence-electron chi connectivity index (χ1n) is 6.65. The normalized spacial score (nSPS) is 43.5. The monoisotopic (exact) mass is 334 g/mol. The van der Waals surface area contributed by atoms with E-state index in [1.165, 1.54) is 6.92 Å². The number of aliphatic carboxylic acids is 4. The molecule has 0 aromatic heterocycles. The van der Waals surface area contributed by atoms with Gasteiger partial charge < -0.3 is 20.4 Å². The van der Waals surface area contributed by atoms with E-state index >= 15 is 0 Å². The highest BCUT2D eigenvalue weighted by atomic mass is 35.5. The van der Waals surface area contributed by atoms with Gasteiger partial charge in [0.25, 0.3) is 0 Å². The minimum absolute atomic E-state index is 0.263. The molecule has 0 amide bonds. The van der Waals surface area contributed by atoms with E-state index in [2.05, 4.69) is 0 Å². The third kappa shape index (κ3) is 1.97. The largest absolute Gasteiger partial charge is 0.481 e. The fourth-order valence-electron chi connectivity index (χ4n) is 4.22. The van der Waals surface area contributed by atoms with Crippen LogP contribution in [0.2, 0.25) is 0 Å². The summed E-state index contributed by atoms with van der Waals surface area (Å²) in [5.41, 5.74) is 0. The van der Waals surface area contributed by atoms with Crippen LogP contribution in [-0.4, -0.2) is 49.2 Å². The minimum Gasteiger partial charge on any atom is -0.481 e. The standard InChI is InChI=1S/C13H15ClO8/c1-3-6(10(17)18)4(9(15)16)2-5-7(3)8(11(19)20)13(5,14)12(21)22/h3-8H,2H2,1H3,(H,15,16)(H,17,18)(H,19,20)(H,21,22). The zero-order valence-corrected chi connectivity index (χ0v) is 12.2. The molecule has 0 aromatic rings. The summed E-state index contributed by atoms with van der Waals surface area (Å²) in [7, 11) is 0. The molecule has 4 N–H and O–H groups in total. The van der Waals surface area contributed by atoms with Crippen molar-refractivity contribution in [1.82, 2.24) is 0 Å². The maximum Gasteiger partial charge on any atom is 0.325 e. The van der Waals surface area contributed by atoms with Gasteiger partial charge in [-0.1, -0.05) is 6.92 Å². The van der Waals surface area contributed by atoms with Crippen LogP contribution >= 0.6 is 11.6 Å². The van der Waals surface area contributed by atoms with Crippen molar-refractivity contribution in [1.29, 1.82) is 0 Å². The summed E-state index contributed by atoms with van der Waals surface area (Å²) in [5.74, 6) is -12.1. The molecule has 9 heteroatoms. The van der Waals surface area contributed by atoms with Crippen LogP contribution < -0.4 is 0 Å². The molecule has 0 radical (unpaired) electrons. The Bertz CT molecular complexity index is 560. The lowest BCUT2D eigenvalue weighted by Gasteiger charge is -2.60.